The van der Waals surface area contributed by atoms with Crippen LogP contribution >= 0.6 is 0 Å². The normalized spacial score (nSPS) is 9.14. The van der Waals surface area contributed by atoms with Crippen LogP contribution in [0.3, 0.4) is 0 Å². The van der Waals surface area contributed by atoms with E-state index in [4.69, 9.17) is 6.58 Å². The molecule has 0 rings (SSSR count). The first kappa shape index (κ1) is 6.22. The highest BCUT2D eigenvalue weighted by molar-refractivity contribution is 4.99. The van der Waals surface area contributed by atoms with Crippen LogP contribution in [0, 0.1) is 6.58 Å². The highest BCUT2D eigenvalue weighted by atomic mass is 13.7. The minimum absolute atomic E-state index is 0.825. The summed E-state index contributed by atoms with van der Waals surface area (Å²) in [4.78, 5) is 0. The fourth-order valence-corrected chi connectivity index (χ4v) is 0.253. The van der Waals surface area contributed by atoms with E-state index in [1.165, 1.54) is 0 Å². The van der Waals surface area contributed by atoms with Gasteiger partial charge in [0.15, 0.2) is 0 Å². The molecule has 0 aliphatic heterocycles. The van der Waals surface area contributed by atoms with E-state index in [9.17, 15) is 0 Å². The van der Waals surface area contributed by atoms with Crippen molar-refractivity contribution in [2.75, 3.05) is 0 Å². The number of hydrogen-bond donors (Lipinski definition) is 0. The molecule has 0 heteroatoms. The van der Waals surface area contributed by atoms with Crippen molar-refractivity contribution in [2.24, 2.45) is 0 Å². The highest BCUT2D eigenvalue weighted by Crippen LogP contribution is 1.80. The topological polar surface area (TPSA) is 0 Å². The molecular formula is C7H9. The molecule has 0 unspecified atom stereocenters. The summed E-state index contributed by atoms with van der Waals surface area (Å²) < 4.78 is 0. The van der Waals surface area contributed by atoms with Gasteiger partial charge in [0, 0.05) is 0 Å². The molecule has 1 radical (unpaired) electrons. The molecule has 0 amide bonds. The van der Waals surface area contributed by atoms with Crippen molar-refractivity contribution in [2.45, 2.75) is 6.42 Å². The Kier molecular flexibility index (Phi) is 4.64. The van der Waals surface area contributed by atoms with Crippen molar-refractivity contribution in [1.82, 2.24) is 0 Å². The maximum Gasteiger partial charge on any atom is -0.0163 e. The summed E-state index contributed by atoms with van der Waals surface area (Å²) in [5.41, 5.74) is 0. The maximum atomic E-state index is 5.06. The molecule has 0 aromatic carbocycles. The predicted molar refractivity (Wildman–Crippen MR) is 32.8 cm³/mol. The number of allylic oxidation sites excluding steroid dienone is 4. The Morgan fingerprint density at radius 3 is 2.71 bits per heavy atom. The van der Waals surface area contributed by atoms with Crippen LogP contribution < -0.4 is 0 Å². The lowest BCUT2D eigenvalue weighted by Crippen LogP contribution is -1.50. The van der Waals surface area contributed by atoms with Crippen LogP contribution in [0.4, 0.5) is 0 Å². The van der Waals surface area contributed by atoms with E-state index in [1.807, 2.05) is 12.2 Å². The van der Waals surface area contributed by atoms with Crippen LogP contribution in [0.25, 0.3) is 0 Å². The van der Waals surface area contributed by atoms with E-state index in [-0.39, 0.29) is 0 Å². The third-order valence-corrected chi connectivity index (χ3v) is 0.544. The van der Waals surface area contributed by atoms with E-state index in [2.05, 4.69) is 6.58 Å². The van der Waals surface area contributed by atoms with Gasteiger partial charge in [0.25, 0.3) is 0 Å². The van der Waals surface area contributed by atoms with Crippen molar-refractivity contribution in [3.05, 3.63) is 37.5 Å². The Morgan fingerprint density at radius 2 is 2.29 bits per heavy atom. The van der Waals surface area contributed by atoms with Gasteiger partial charge in [-0.3, -0.25) is 0 Å². The highest BCUT2D eigenvalue weighted by Gasteiger charge is 1.60. The molecule has 0 N–H and O–H groups in total. The third kappa shape index (κ3) is 5.22. The lowest BCUT2D eigenvalue weighted by Gasteiger charge is -1.71. The monoisotopic (exact) mass is 93.1 g/mol. The molecule has 37 valence electrons. The minimum atomic E-state index is 0.825. The predicted octanol–water partition coefficient (Wildman–Crippen LogP) is 2.11. The Bertz CT molecular complexity index is 78.0. The molecule has 0 atom stereocenters. The molecule has 0 aromatic rings. The molecule has 0 bridgehead atoms. The zero-order valence-electron chi connectivity index (χ0n) is 4.30. The van der Waals surface area contributed by atoms with E-state index < -0.39 is 0 Å². The lowest BCUT2D eigenvalue weighted by atomic mass is 10.4. The molecule has 0 aromatic heterocycles. The zero-order valence-corrected chi connectivity index (χ0v) is 4.30. The van der Waals surface area contributed by atoms with Crippen LogP contribution in [-0.4, -0.2) is 0 Å². The summed E-state index contributed by atoms with van der Waals surface area (Å²) in [6.07, 6.45) is 7.95. The van der Waals surface area contributed by atoms with Crippen LogP contribution in [0.1, 0.15) is 6.42 Å². The summed E-state index contributed by atoms with van der Waals surface area (Å²) in [7, 11) is 0. The van der Waals surface area contributed by atoms with Gasteiger partial charge in [0.2, 0.25) is 0 Å². The van der Waals surface area contributed by atoms with Crippen molar-refractivity contribution >= 4 is 0 Å². The van der Waals surface area contributed by atoms with E-state index >= 15 is 0 Å². The molecule has 0 fully saturated rings. The minimum Gasteiger partial charge on any atom is -0.0991 e. The zero-order chi connectivity index (χ0) is 5.54. The second-order valence-corrected chi connectivity index (χ2v) is 1.14. The Morgan fingerprint density at radius 1 is 1.57 bits per heavy atom. The molecule has 0 heterocycles. The molecule has 0 aliphatic rings. The van der Waals surface area contributed by atoms with E-state index in [0.717, 1.165) is 6.42 Å². The van der Waals surface area contributed by atoms with Crippen molar-refractivity contribution < 1.29 is 0 Å². The van der Waals surface area contributed by atoms with Crippen LogP contribution in [0.5, 0.6) is 0 Å². The summed E-state index contributed by atoms with van der Waals surface area (Å²) in [6.45, 7) is 8.55. The van der Waals surface area contributed by atoms with Crippen molar-refractivity contribution in [3.63, 3.8) is 0 Å². The molecule has 0 spiro atoms. The fraction of sp³-hybridized carbons (Fsp3) is 0.143. The van der Waals surface area contributed by atoms with Crippen LogP contribution in [0.2, 0.25) is 0 Å². The van der Waals surface area contributed by atoms with Crippen LogP contribution in [0.15, 0.2) is 30.9 Å². The maximum absolute atomic E-state index is 5.06. The number of hydrogen-bond acceptors (Lipinski definition) is 0. The fourth-order valence-electron chi connectivity index (χ4n) is 0.253. The standard InChI is InChI=1S/C7H9/c1-3-5-7-6-4-2/h1,3-4,6-7H,2,5H2. The van der Waals surface area contributed by atoms with Gasteiger partial charge in [-0.1, -0.05) is 37.5 Å². The second-order valence-electron chi connectivity index (χ2n) is 1.14. The Hall–Kier alpha value is -0.780. The summed E-state index contributed by atoms with van der Waals surface area (Å²) in [5, 5.41) is 0. The van der Waals surface area contributed by atoms with Gasteiger partial charge in [0.05, 0.1) is 0 Å². The molecule has 7 heavy (non-hydrogen) atoms. The smallest absolute Gasteiger partial charge is 0.0163 e. The van der Waals surface area contributed by atoms with E-state index in [0.29, 0.717) is 0 Å². The molecule has 0 saturated carbocycles. The summed E-state index contributed by atoms with van der Waals surface area (Å²) in [5.74, 6) is 0. The molecule has 0 nitrogen and oxygen atoms in total. The average molecular weight is 93.1 g/mol. The Labute approximate surface area is 44.9 Å². The SMILES string of the molecule is [CH]=CCC=CC=C. The largest absolute Gasteiger partial charge is 0.0991 e. The first-order valence-corrected chi connectivity index (χ1v) is 2.22. The van der Waals surface area contributed by atoms with E-state index in [1.54, 1.807) is 12.2 Å². The first-order chi connectivity index (χ1) is 3.41. The molecular weight excluding hydrogens is 84.1 g/mol. The van der Waals surface area contributed by atoms with Gasteiger partial charge in [-0.2, -0.15) is 0 Å². The third-order valence-electron chi connectivity index (χ3n) is 0.544. The van der Waals surface area contributed by atoms with Gasteiger partial charge in [-0.05, 0) is 6.42 Å². The van der Waals surface area contributed by atoms with Gasteiger partial charge in [0.1, 0.15) is 0 Å². The number of rotatable bonds is 3. The first-order valence-electron chi connectivity index (χ1n) is 2.22. The van der Waals surface area contributed by atoms with Gasteiger partial charge in [-0.15, -0.1) is 0 Å². The summed E-state index contributed by atoms with van der Waals surface area (Å²) in [6, 6.07) is 0. The second kappa shape index (κ2) is 5.22. The Balaban J connectivity index is 3.08. The lowest BCUT2D eigenvalue weighted by molar-refractivity contribution is 1.40. The van der Waals surface area contributed by atoms with Gasteiger partial charge >= 0.3 is 0 Å². The van der Waals surface area contributed by atoms with Gasteiger partial charge < -0.3 is 0 Å². The van der Waals surface area contributed by atoms with Crippen LogP contribution in [-0.2, 0) is 0 Å². The van der Waals surface area contributed by atoms with Gasteiger partial charge in [-0.25, -0.2) is 0 Å². The van der Waals surface area contributed by atoms with Crippen molar-refractivity contribution in [3.8, 4) is 0 Å². The molecule has 0 saturated heterocycles. The molecule has 0 aliphatic carbocycles. The average Bonchev–Trinajstić information content (AvgIpc) is 1.69. The quantitative estimate of drug-likeness (QED) is 0.469. The summed E-state index contributed by atoms with van der Waals surface area (Å²) >= 11 is 0. The van der Waals surface area contributed by atoms with Crippen molar-refractivity contribution in [1.29, 1.82) is 0 Å².